The van der Waals surface area contributed by atoms with E-state index in [4.69, 9.17) is 0 Å². The van der Waals surface area contributed by atoms with Gasteiger partial charge in [-0.05, 0) is 29.7 Å². The van der Waals surface area contributed by atoms with E-state index < -0.39 is 0 Å². The highest BCUT2D eigenvalue weighted by molar-refractivity contribution is 5.87. The minimum absolute atomic E-state index is 0.135. The van der Waals surface area contributed by atoms with Gasteiger partial charge in [-0.25, -0.2) is 0 Å². The quantitative estimate of drug-likeness (QED) is 0.833. The molecule has 0 atom stereocenters. The first-order valence-electron chi connectivity index (χ1n) is 8.41. The van der Waals surface area contributed by atoms with Crippen LogP contribution in [0.15, 0.2) is 12.3 Å². The second-order valence-electron chi connectivity index (χ2n) is 8.10. The molecule has 2 fully saturated rings. The van der Waals surface area contributed by atoms with Crippen LogP contribution in [0, 0.1) is 16.7 Å². The number of carbonyl (C=O) groups excluding carboxylic acids is 1. The summed E-state index contributed by atoms with van der Waals surface area (Å²) < 4.78 is 2.10. The van der Waals surface area contributed by atoms with Crippen LogP contribution in [-0.4, -0.2) is 15.6 Å². The van der Waals surface area contributed by atoms with Gasteiger partial charge in [-0.3, -0.25) is 9.48 Å². The number of Topliss-reactive ketones (excluding diaryl/α,β-unsaturated/α-hetero) is 1. The van der Waals surface area contributed by atoms with Gasteiger partial charge >= 0.3 is 0 Å². The lowest BCUT2D eigenvalue weighted by atomic mass is 9.96. The predicted molar refractivity (Wildman–Crippen MR) is 84.1 cm³/mol. The van der Waals surface area contributed by atoms with Crippen molar-refractivity contribution in [2.45, 2.75) is 72.3 Å². The van der Waals surface area contributed by atoms with Crippen LogP contribution in [0.4, 0.5) is 0 Å². The summed E-state index contributed by atoms with van der Waals surface area (Å²) in [7, 11) is 0. The van der Waals surface area contributed by atoms with E-state index in [2.05, 4.69) is 43.7 Å². The molecule has 1 heterocycles. The van der Waals surface area contributed by atoms with Crippen LogP contribution in [0.2, 0.25) is 0 Å². The number of rotatable bonds is 4. The first-order chi connectivity index (χ1) is 9.84. The van der Waals surface area contributed by atoms with Gasteiger partial charge in [-0.2, -0.15) is 5.10 Å². The number of carbonyl (C=O) groups is 1. The van der Waals surface area contributed by atoms with Crippen molar-refractivity contribution in [2.75, 3.05) is 0 Å². The van der Waals surface area contributed by atoms with Crippen LogP contribution in [0.25, 0.3) is 0 Å². The van der Waals surface area contributed by atoms with Crippen LogP contribution in [0.1, 0.15) is 71.5 Å². The zero-order valence-corrected chi connectivity index (χ0v) is 13.9. The summed E-state index contributed by atoms with van der Waals surface area (Å²) >= 11 is 0. The van der Waals surface area contributed by atoms with Crippen molar-refractivity contribution in [2.24, 2.45) is 16.7 Å². The van der Waals surface area contributed by atoms with Crippen LogP contribution >= 0.6 is 0 Å². The average Bonchev–Trinajstić information content (AvgIpc) is 2.77. The van der Waals surface area contributed by atoms with Crippen molar-refractivity contribution < 1.29 is 4.79 Å². The van der Waals surface area contributed by atoms with Gasteiger partial charge in [0.05, 0.1) is 18.2 Å². The minimum Gasteiger partial charge on any atom is -0.299 e. The van der Waals surface area contributed by atoms with E-state index in [0.717, 1.165) is 5.69 Å². The summed E-state index contributed by atoms with van der Waals surface area (Å²) in [4.78, 5) is 12.5. The van der Waals surface area contributed by atoms with E-state index in [1.807, 2.05) is 6.07 Å². The highest BCUT2D eigenvalue weighted by Crippen LogP contribution is 2.68. The Bertz CT molecular complexity index is 521. The molecule has 0 unspecified atom stereocenters. The van der Waals surface area contributed by atoms with E-state index in [9.17, 15) is 4.79 Å². The molecular formula is C18H28N2O. The fourth-order valence-corrected chi connectivity index (χ4v) is 4.30. The van der Waals surface area contributed by atoms with Gasteiger partial charge in [0.25, 0.3) is 0 Å². The zero-order chi connectivity index (χ0) is 15.3. The van der Waals surface area contributed by atoms with Gasteiger partial charge in [0.2, 0.25) is 0 Å². The lowest BCUT2D eigenvalue weighted by Gasteiger charge is -2.21. The topological polar surface area (TPSA) is 34.9 Å². The Morgan fingerprint density at radius 3 is 2.38 bits per heavy atom. The Morgan fingerprint density at radius 2 is 1.81 bits per heavy atom. The van der Waals surface area contributed by atoms with Gasteiger partial charge in [-0.1, -0.05) is 47.0 Å². The molecule has 3 rings (SSSR count). The van der Waals surface area contributed by atoms with Crippen molar-refractivity contribution >= 4 is 5.78 Å². The molecule has 0 aliphatic heterocycles. The molecule has 2 saturated carbocycles. The summed E-state index contributed by atoms with van der Waals surface area (Å²) in [5, 5.41) is 4.68. The van der Waals surface area contributed by atoms with E-state index >= 15 is 0 Å². The summed E-state index contributed by atoms with van der Waals surface area (Å²) in [5.41, 5.74) is 1.22. The molecule has 1 aromatic heterocycles. The predicted octanol–water partition coefficient (Wildman–Crippen LogP) is 4.18. The monoisotopic (exact) mass is 288 g/mol. The molecule has 0 spiro atoms. The third-order valence-corrected chi connectivity index (χ3v) is 6.31. The third-order valence-electron chi connectivity index (χ3n) is 6.31. The molecule has 0 N–H and O–H groups in total. The van der Waals surface area contributed by atoms with E-state index in [1.165, 1.54) is 32.1 Å². The maximum atomic E-state index is 12.5. The highest BCUT2D eigenvalue weighted by Gasteiger charge is 2.67. The second kappa shape index (κ2) is 4.96. The Hall–Kier alpha value is -1.12. The van der Waals surface area contributed by atoms with Crippen LogP contribution in [-0.2, 0) is 11.2 Å². The third kappa shape index (κ3) is 2.45. The molecular weight excluding hydrogens is 260 g/mol. The van der Waals surface area contributed by atoms with Crippen molar-refractivity contribution in [3.8, 4) is 0 Å². The van der Waals surface area contributed by atoms with Gasteiger partial charge in [0, 0.05) is 12.1 Å². The maximum Gasteiger partial charge on any atom is 0.143 e. The van der Waals surface area contributed by atoms with Crippen LogP contribution in [0.3, 0.4) is 0 Å². The Morgan fingerprint density at radius 1 is 1.19 bits per heavy atom. The lowest BCUT2D eigenvalue weighted by molar-refractivity contribution is -0.120. The molecule has 3 heteroatoms. The molecule has 3 nitrogen and oxygen atoms in total. The van der Waals surface area contributed by atoms with E-state index in [-0.39, 0.29) is 16.7 Å². The molecule has 2 aliphatic rings. The van der Waals surface area contributed by atoms with E-state index in [1.54, 1.807) is 0 Å². The Balaban J connectivity index is 1.64. The number of nitrogens with zero attached hydrogens (tertiary/aromatic N) is 2. The minimum atomic E-state index is 0.135. The number of ketones is 1. The van der Waals surface area contributed by atoms with Crippen molar-refractivity contribution in [1.82, 2.24) is 9.78 Å². The SMILES string of the molecule is CC1(C)C(C(=O)Cc2ccn(C3CCCCC3)n2)C1(C)C. The maximum absolute atomic E-state index is 12.5. The molecule has 0 bridgehead atoms. The fourth-order valence-electron chi connectivity index (χ4n) is 4.30. The average molecular weight is 288 g/mol. The summed E-state index contributed by atoms with van der Waals surface area (Å²) in [6, 6.07) is 2.59. The standard InChI is InChI=1S/C18H28N2O/c1-17(2)16(18(17,3)4)15(21)12-13-10-11-20(19-13)14-8-6-5-7-9-14/h10-11,14,16H,5-9,12H2,1-4H3. The van der Waals surface area contributed by atoms with Crippen molar-refractivity contribution in [1.29, 1.82) is 0 Å². The van der Waals surface area contributed by atoms with Gasteiger partial charge < -0.3 is 0 Å². The molecule has 0 aromatic carbocycles. The van der Waals surface area contributed by atoms with Crippen molar-refractivity contribution in [3.05, 3.63) is 18.0 Å². The Kier molecular flexibility index (Phi) is 3.50. The number of hydrogen-bond donors (Lipinski definition) is 0. The summed E-state index contributed by atoms with van der Waals surface area (Å²) in [5.74, 6) is 0.545. The van der Waals surface area contributed by atoms with Crippen LogP contribution in [0.5, 0.6) is 0 Å². The molecule has 0 saturated heterocycles. The van der Waals surface area contributed by atoms with E-state index in [0.29, 0.717) is 18.2 Å². The second-order valence-corrected chi connectivity index (χ2v) is 8.10. The molecule has 0 amide bonds. The highest BCUT2D eigenvalue weighted by atomic mass is 16.1. The summed E-state index contributed by atoms with van der Waals surface area (Å²) in [6.45, 7) is 8.82. The normalized spacial score (nSPS) is 25.0. The van der Waals surface area contributed by atoms with Gasteiger partial charge in [-0.15, -0.1) is 0 Å². The molecule has 21 heavy (non-hydrogen) atoms. The molecule has 116 valence electrons. The number of aromatic nitrogens is 2. The van der Waals surface area contributed by atoms with Crippen molar-refractivity contribution in [3.63, 3.8) is 0 Å². The Labute approximate surface area is 128 Å². The zero-order valence-electron chi connectivity index (χ0n) is 13.9. The molecule has 2 aliphatic carbocycles. The largest absolute Gasteiger partial charge is 0.299 e. The summed E-state index contributed by atoms with van der Waals surface area (Å²) in [6.07, 6.45) is 9.01. The molecule has 0 radical (unpaired) electrons. The van der Waals surface area contributed by atoms with Gasteiger partial charge in [0.1, 0.15) is 5.78 Å². The molecule has 1 aromatic rings. The lowest BCUT2D eigenvalue weighted by Crippen LogP contribution is -2.15. The smallest absolute Gasteiger partial charge is 0.143 e. The first-order valence-corrected chi connectivity index (χ1v) is 8.41. The fraction of sp³-hybridized carbons (Fsp3) is 0.778. The van der Waals surface area contributed by atoms with Crippen LogP contribution < -0.4 is 0 Å². The first kappa shape index (κ1) is 14.8. The van der Waals surface area contributed by atoms with Gasteiger partial charge in [0.15, 0.2) is 0 Å². The number of hydrogen-bond acceptors (Lipinski definition) is 2.